The van der Waals surface area contributed by atoms with E-state index in [1.54, 1.807) is 13.8 Å². The van der Waals surface area contributed by atoms with Crippen molar-refractivity contribution >= 4 is 17.3 Å². The maximum Gasteiger partial charge on any atom is 0.325 e. The first-order valence-electron chi connectivity index (χ1n) is 6.17. The highest BCUT2D eigenvalue weighted by molar-refractivity contribution is 5.78. The van der Waals surface area contributed by atoms with Gasteiger partial charge in [-0.1, -0.05) is 0 Å². The standard InChI is InChI=1S/C13H17FN2O5/c1-8(2)15(7-13(17)21-4)10-6-12(20-3)9(14)5-11(10)16(18)19/h5-6,8H,7H2,1-4H3. The van der Waals surface area contributed by atoms with Crippen LogP contribution in [0, 0.1) is 15.9 Å². The minimum atomic E-state index is -0.838. The van der Waals surface area contributed by atoms with E-state index in [0.717, 1.165) is 6.07 Å². The first kappa shape index (κ1) is 16.7. The predicted octanol–water partition coefficient (Wildman–Crippen LogP) is 2.13. The molecule has 0 N–H and O–H groups in total. The van der Waals surface area contributed by atoms with E-state index in [2.05, 4.69) is 4.74 Å². The Morgan fingerprint density at radius 3 is 2.48 bits per heavy atom. The molecule has 0 aliphatic rings. The normalized spacial score (nSPS) is 10.4. The fourth-order valence-corrected chi connectivity index (χ4v) is 1.81. The van der Waals surface area contributed by atoms with Crippen LogP contribution in [-0.2, 0) is 9.53 Å². The number of nitrogens with zero attached hydrogens (tertiary/aromatic N) is 2. The molecule has 0 aromatic heterocycles. The summed E-state index contributed by atoms with van der Waals surface area (Å²) >= 11 is 0. The topological polar surface area (TPSA) is 81.9 Å². The van der Waals surface area contributed by atoms with Gasteiger partial charge in [0, 0.05) is 12.1 Å². The molecule has 1 aromatic carbocycles. The van der Waals surface area contributed by atoms with E-state index in [-0.39, 0.29) is 24.0 Å². The second-order valence-electron chi connectivity index (χ2n) is 4.53. The Labute approximate surface area is 121 Å². The van der Waals surface area contributed by atoms with Crippen molar-refractivity contribution in [2.45, 2.75) is 19.9 Å². The molecule has 8 heteroatoms. The lowest BCUT2D eigenvalue weighted by atomic mass is 10.2. The summed E-state index contributed by atoms with van der Waals surface area (Å²) in [7, 11) is 2.48. The molecule has 0 spiro atoms. The van der Waals surface area contributed by atoms with Crippen molar-refractivity contribution in [3.63, 3.8) is 0 Å². The van der Waals surface area contributed by atoms with Crippen LogP contribution in [0.1, 0.15) is 13.8 Å². The molecule has 0 aliphatic carbocycles. The maximum absolute atomic E-state index is 13.6. The number of nitro benzene ring substituents is 1. The monoisotopic (exact) mass is 300 g/mol. The Balaban J connectivity index is 3.40. The van der Waals surface area contributed by atoms with Crippen LogP contribution in [0.3, 0.4) is 0 Å². The van der Waals surface area contributed by atoms with Gasteiger partial charge < -0.3 is 14.4 Å². The number of hydrogen-bond acceptors (Lipinski definition) is 6. The molecule has 0 atom stereocenters. The van der Waals surface area contributed by atoms with Crippen molar-refractivity contribution in [1.29, 1.82) is 0 Å². The Morgan fingerprint density at radius 2 is 2.05 bits per heavy atom. The van der Waals surface area contributed by atoms with Crippen molar-refractivity contribution in [2.75, 3.05) is 25.7 Å². The van der Waals surface area contributed by atoms with Crippen molar-refractivity contribution in [1.82, 2.24) is 0 Å². The highest BCUT2D eigenvalue weighted by Crippen LogP contribution is 2.35. The number of halogens is 1. The number of rotatable bonds is 6. The Morgan fingerprint density at radius 1 is 1.43 bits per heavy atom. The number of anilines is 1. The molecule has 0 amide bonds. The largest absolute Gasteiger partial charge is 0.494 e. The number of carbonyl (C=O) groups is 1. The maximum atomic E-state index is 13.6. The summed E-state index contributed by atoms with van der Waals surface area (Å²) in [5.41, 5.74) is -0.343. The fraction of sp³-hybridized carbons (Fsp3) is 0.462. The summed E-state index contributed by atoms with van der Waals surface area (Å²) in [4.78, 5) is 23.3. The van der Waals surface area contributed by atoms with Crippen LogP contribution in [0.2, 0.25) is 0 Å². The number of esters is 1. The molecule has 0 heterocycles. The van der Waals surface area contributed by atoms with Gasteiger partial charge >= 0.3 is 5.97 Å². The molecule has 0 saturated carbocycles. The van der Waals surface area contributed by atoms with Gasteiger partial charge in [-0.15, -0.1) is 0 Å². The molecule has 1 aromatic rings. The molecular weight excluding hydrogens is 283 g/mol. The highest BCUT2D eigenvalue weighted by atomic mass is 19.1. The van der Waals surface area contributed by atoms with E-state index in [1.165, 1.54) is 25.2 Å². The van der Waals surface area contributed by atoms with Gasteiger partial charge in [-0.2, -0.15) is 0 Å². The third-order valence-corrected chi connectivity index (χ3v) is 2.91. The van der Waals surface area contributed by atoms with Crippen LogP contribution in [0.4, 0.5) is 15.8 Å². The Kier molecular flexibility index (Phi) is 5.45. The number of methoxy groups -OCH3 is 2. The van der Waals surface area contributed by atoms with E-state index in [9.17, 15) is 19.3 Å². The first-order chi connectivity index (χ1) is 9.81. The van der Waals surface area contributed by atoms with Crippen molar-refractivity contribution < 1.29 is 23.6 Å². The van der Waals surface area contributed by atoms with Crippen molar-refractivity contribution in [3.05, 3.63) is 28.1 Å². The van der Waals surface area contributed by atoms with Gasteiger partial charge in [0.05, 0.1) is 25.2 Å². The third-order valence-electron chi connectivity index (χ3n) is 2.91. The Bertz CT molecular complexity index is 548. The quantitative estimate of drug-likeness (QED) is 0.455. The second-order valence-corrected chi connectivity index (χ2v) is 4.53. The van der Waals surface area contributed by atoms with Gasteiger partial charge in [0.1, 0.15) is 12.2 Å². The number of nitro groups is 1. The van der Waals surface area contributed by atoms with Crippen LogP contribution in [0.5, 0.6) is 5.75 Å². The molecule has 0 saturated heterocycles. The second kappa shape index (κ2) is 6.87. The zero-order chi connectivity index (χ0) is 16.2. The van der Waals surface area contributed by atoms with E-state index < -0.39 is 22.4 Å². The summed E-state index contributed by atoms with van der Waals surface area (Å²) in [6.45, 7) is 3.31. The third kappa shape index (κ3) is 3.80. The van der Waals surface area contributed by atoms with Crippen molar-refractivity contribution in [2.24, 2.45) is 0 Å². The summed E-state index contributed by atoms with van der Waals surface area (Å²) in [6, 6.07) is 1.75. The molecule has 0 aliphatic heterocycles. The molecule has 0 fully saturated rings. The number of carbonyl (C=O) groups excluding carboxylic acids is 1. The summed E-state index contributed by atoms with van der Waals surface area (Å²) in [6.07, 6.45) is 0. The van der Waals surface area contributed by atoms with Gasteiger partial charge in [-0.25, -0.2) is 4.39 Å². The Hall–Kier alpha value is -2.38. The molecule has 0 bridgehead atoms. The van der Waals surface area contributed by atoms with Gasteiger partial charge in [0.2, 0.25) is 0 Å². The summed E-state index contributed by atoms with van der Waals surface area (Å²) in [5.74, 6) is -1.53. The lowest BCUT2D eigenvalue weighted by molar-refractivity contribution is -0.384. The van der Waals surface area contributed by atoms with Gasteiger partial charge in [-0.3, -0.25) is 14.9 Å². The molecule has 21 heavy (non-hydrogen) atoms. The zero-order valence-corrected chi connectivity index (χ0v) is 12.3. The average Bonchev–Trinajstić information content (AvgIpc) is 2.43. The predicted molar refractivity (Wildman–Crippen MR) is 74.1 cm³/mol. The van der Waals surface area contributed by atoms with Crippen LogP contribution in [0.15, 0.2) is 12.1 Å². The number of benzene rings is 1. The van der Waals surface area contributed by atoms with Crippen LogP contribution >= 0.6 is 0 Å². The number of ether oxygens (including phenoxy) is 2. The zero-order valence-electron chi connectivity index (χ0n) is 12.3. The molecule has 116 valence electrons. The SMILES string of the molecule is COC(=O)CN(c1cc(OC)c(F)cc1[N+](=O)[O-])C(C)C. The molecule has 0 unspecified atom stereocenters. The van der Waals surface area contributed by atoms with Gasteiger partial charge in [0.25, 0.3) is 5.69 Å². The lowest BCUT2D eigenvalue weighted by Crippen LogP contribution is -2.36. The minimum absolute atomic E-state index is 0.0960. The van der Waals surface area contributed by atoms with Crippen molar-refractivity contribution in [3.8, 4) is 5.75 Å². The summed E-state index contributed by atoms with van der Waals surface area (Å²) in [5, 5.41) is 11.1. The van der Waals surface area contributed by atoms with E-state index in [0.29, 0.717) is 0 Å². The van der Waals surface area contributed by atoms with E-state index >= 15 is 0 Å². The van der Waals surface area contributed by atoms with Gasteiger partial charge in [-0.05, 0) is 13.8 Å². The van der Waals surface area contributed by atoms with E-state index in [1.807, 2.05) is 0 Å². The molecular formula is C13H17FN2O5. The van der Waals surface area contributed by atoms with E-state index in [4.69, 9.17) is 4.74 Å². The average molecular weight is 300 g/mol. The number of hydrogen-bond donors (Lipinski definition) is 0. The smallest absolute Gasteiger partial charge is 0.325 e. The first-order valence-corrected chi connectivity index (χ1v) is 6.17. The van der Waals surface area contributed by atoms with Crippen LogP contribution < -0.4 is 9.64 Å². The van der Waals surface area contributed by atoms with Crippen LogP contribution in [0.25, 0.3) is 0 Å². The molecule has 0 radical (unpaired) electrons. The highest BCUT2D eigenvalue weighted by Gasteiger charge is 2.26. The summed E-state index contributed by atoms with van der Waals surface area (Å²) < 4.78 is 23.1. The lowest BCUT2D eigenvalue weighted by Gasteiger charge is -2.27. The molecule has 1 rings (SSSR count). The fourth-order valence-electron chi connectivity index (χ4n) is 1.81. The minimum Gasteiger partial charge on any atom is -0.494 e. The van der Waals surface area contributed by atoms with Gasteiger partial charge in [0.15, 0.2) is 11.6 Å². The van der Waals surface area contributed by atoms with Crippen LogP contribution in [-0.4, -0.2) is 37.7 Å². The molecule has 7 nitrogen and oxygen atoms in total.